The van der Waals surface area contributed by atoms with Crippen LogP contribution < -0.4 is 10.1 Å². The van der Waals surface area contributed by atoms with E-state index < -0.39 is 17.9 Å². The van der Waals surface area contributed by atoms with E-state index in [2.05, 4.69) is 20.3 Å². The van der Waals surface area contributed by atoms with Crippen molar-refractivity contribution < 1.29 is 22.7 Å². The number of aryl methyl sites for hydroxylation is 1. The van der Waals surface area contributed by atoms with Crippen molar-refractivity contribution >= 4 is 22.8 Å². The zero-order valence-electron chi connectivity index (χ0n) is 16.4. The van der Waals surface area contributed by atoms with Crippen molar-refractivity contribution in [3.63, 3.8) is 0 Å². The predicted molar refractivity (Wildman–Crippen MR) is 107 cm³/mol. The van der Waals surface area contributed by atoms with Crippen LogP contribution in [-0.4, -0.2) is 32.5 Å². The number of halogens is 3. The van der Waals surface area contributed by atoms with Crippen molar-refractivity contribution in [2.75, 3.05) is 12.4 Å². The molecule has 0 unspecified atom stereocenters. The van der Waals surface area contributed by atoms with Crippen molar-refractivity contribution in [3.8, 4) is 11.6 Å². The number of rotatable bonds is 4. The Bertz CT molecular complexity index is 1270. The molecule has 0 saturated carbocycles. The number of imidazole rings is 1. The van der Waals surface area contributed by atoms with Gasteiger partial charge in [-0.25, -0.2) is 15.0 Å². The van der Waals surface area contributed by atoms with E-state index in [0.29, 0.717) is 11.3 Å². The van der Waals surface area contributed by atoms with Gasteiger partial charge in [0.2, 0.25) is 5.82 Å². The maximum Gasteiger partial charge on any atom is 0.450 e. The van der Waals surface area contributed by atoms with Gasteiger partial charge in [-0.05, 0) is 30.7 Å². The van der Waals surface area contributed by atoms with Gasteiger partial charge in [-0.1, -0.05) is 18.2 Å². The average Bonchev–Trinajstić information content (AvgIpc) is 3.14. The third-order valence-corrected chi connectivity index (χ3v) is 4.61. The summed E-state index contributed by atoms with van der Waals surface area (Å²) in [6, 6.07) is 11.4. The van der Waals surface area contributed by atoms with E-state index in [9.17, 15) is 18.0 Å². The number of alkyl halides is 3. The lowest BCUT2D eigenvalue weighted by Gasteiger charge is -2.11. The highest BCUT2D eigenvalue weighted by molar-refractivity contribution is 6.04. The minimum atomic E-state index is -4.72. The van der Waals surface area contributed by atoms with Crippen LogP contribution in [0.4, 0.5) is 19.0 Å². The summed E-state index contributed by atoms with van der Waals surface area (Å²) in [5.41, 5.74) is 1.53. The molecule has 0 bridgehead atoms. The number of nitrogens with zero attached hydrogens (tertiary/aromatic N) is 4. The molecule has 10 heteroatoms. The Morgan fingerprint density at radius 2 is 1.87 bits per heavy atom. The molecule has 4 aromatic rings. The molecule has 7 nitrogen and oxygen atoms in total. The van der Waals surface area contributed by atoms with E-state index in [1.807, 2.05) is 6.07 Å². The van der Waals surface area contributed by atoms with Gasteiger partial charge in [0.25, 0.3) is 5.91 Å². The van der Waals surface area contributed by atoms with Gasteiger partial charge in [-0.15, -0.1) is 0 Å². The lowest BCUT2D eigenvalue weighted by atomic mass is 10.1. The van der Waals surface area contributed by atoms with Crippen LogP contribution >= 0.6 is 0 Å². The zero-order valence-corrected chi connectivity index (χ0v) is 16.4. The lowest BCUT2D eigenvalue weighted by Crippen LogP contribution is -2.16. The number of carbonyl (C=O) groups is 1. The van der Waals surface area contributed by atoms with Crippen LogP contribution in [0.3, 0.4) is 0 Å². The number of amides is 1. The molecule has 0 spiro atoms. The van der Waals surface area contributed by atoms with Crippen LogP contribution in [0.25, 0.3) is 16.9 Å². The van der Waals surface area contributed by atoms with Crippen LogP contribution in [0.1, 0.15) is 21.7 Å². The SMILES string of the molecule is COc1ccc2c(c1)nc(C(F)(F)F)n2-c1cnc(NC(=O)c2ccccc2C)cn1. The largest absolute Gasteiger partial charge is 0.497 e. The minimum absolute atomic E-state index is 0.0890. The predicted octanol–water partition coefficient (Wildman–Crippen LogP) is 4.40. The van der Waals surface area contributed by atoms with Crippen LogP contribution in [0.15, 0.2) is 54.9 Å². The standard InChI is InChI=1S/C21H16F3N5O2/c1-12-5-3-4-6-14(12)19(30)28-17-10-26-18(11-25-17)29-16-8-7-13(31-2)9-15(16)27-20(29)21(22,23)24/h3-11H,1-2H3,(H,25,28,30). The smallest absolute Gasteiger partial charge is 0.450 e. The highest BCUT2D eigenvalue weighted by Crippen LogP contribution is 2.34. The van der Waals surface area contributed by atoms with Crippen LogP contribution in [0, 0.1) is 6.92 Å². The summed E-state index contributed by atoms with van der Waals surface area (Å²) in [6.07, 6.45) is -2.37. The fraction of sp³-hybridized carbons (Fsp3) is 0.143. The van der Waals surface area contributed by atoms with Crippen molar-refractivity contribution in [2.24, 2.45) is 0 Å². The second-order valence-electron chi connectivity index (χ2n) is 6.65. The molecule has 1 N–H and O–H groups in total. The van der Waals surface area contributed by atoms with E-state index in [1.54, 1.807) is 25.1 Å². The second kappa shape index (κ2) is 7.71. The van der Waals surface area contributed by atoms with Crippen molar-refractivity contribution in [1.29, 1.82) is 0 Å². The van der Waals surface area contributed by atoms with Gasteiger partial charge >= 0.3 is 6.18 Å². The number of benzene rings is 2. The molecule has 0 radical (unpaired) electrons. The Balaban J connectivity index is 1.70. The summed E-state index contributed by atoms with van der Waals surface area (Å²) in [7, 11) is 1.41. The molecule has 0 aliphatic carbocycles. The fourth-order valence-electron chi connectivity index (χ4n) is 3.12. The molecule has 2 aromatic carbocycles. The Labute approximate surface area is 174 Å². The lowest BCUT2D eigenvalue weighted by molar-refractivity contribution is -0.145. The van der Waals surface area contributed by atoms with Gasteiger partial charge < -0.3 is 10.1 Å². The highest BCUT2D eigenvalue weighted by atomic mass is 19.4. The van der Waals surface area contributed by atoms with Crippen LogP contribution in [-0.2, 0) is 6.18 Å². The van der Waals surface area contributed by atoms with E-state index in [1.165, 1.54) is 31.5 Å². The molecule has 0 aliphatic heterocycles. The van der Waals surface area contributed by atoms with Gasteiger partial charge in [0, 0.05) is 11.6 Å². The molecule has 1 amide bonds. The maximum atomic E-state index is 13.6. The summed E-state index contributed by atoms with van der Waals surface area (Å²) in [5, 5.41) is 2.59. The van der Waals surface area contributed by atoms with Crippen molar-refractivity contribution in [2.45, 2.75) is 13.1 Å². The Morgan fingerprint density at radius 1 is 1.10 bits per heavy atom. The first-order chi connectivity index (χ1) is 14.8. The normalized spacial score (nSPS) is 11.5. The van der Waals surface area contributed by atoms with Gasteiger partial charge in [-0.3, -0.25) is 9.36 Å². The molecule has 0 saturated heterocycles. The summed E-state index contributed by atoms with van der Waals surface area (Å²) >= 11 is 0. The van der Waals surface area contributed by atoms with Crippen LogP contribution in [0.5, 0.6) is 5.75 Å². The Hall–Kier alpha value is -3.95. The number of fused-ring (bicyclic) bond motifs is 1. The second-order valence-corrected chi connectivity index (χ2v) is 6.65. The molecule has 31 heavy (non-hydrogen) atoms. The molecule has 0 aliphatic rings. The van der Waals surface area contributed by atoms with Crippen molar-refractivity contribution in [1.82, 2.24) is 19.5 Å². The monoisotopic (exact) mass is 427 g/mol. The molecule has 0 fully saturated rings. The molecule has 2 aromatic heterocycles. The Morgan fingerprint density at radius 3 is 2.52 bits per heavy atom. The number of ether oxygens (including phenoxy) is 1. The van der Waals surface area contributed by atoms with Gasteiger partial charge in [0.05, 0.1) is 30.5 Å². The first-order valence-electron chi connectivity index (χ1n) is 9.11. The molecule has 0 atom stereocenters. The highest BCUT2D eigenvalue weighted by Gasteiger charge is 2.38. The minimum Gasteiger partial charge on any atom is -0.497 e. The molecular weight excluding hydrogens is 411 g/mol. The molecule has 4 rings (SSSR count). The van der Waals surface area contributed by atoms with Gasteiger partial charge in [0.15, 0.2) is 11.6 Å². The van der Waals surface area contributed by atoms with Gasteiger partial charge in [-0.2, -0.15) is 13.2 Å². The summed E-state index contributed by atoms with van der Waals surface area (Å²) < 4.78 is 46.8. The Kier molecular flexibility index (Phi) is 5.05. The number of anilines is 1. The van der Waals surface area contributed by atoms with E-state index >= 15 is 0 Å². The third-order valence-electron chi connectivity index (χ3n) is 4.61. The first kappa shape index (κ1) is 20.3. The average molecular weight is 427 g/mol. The van der Waals surface area contributed by atoms with Gasteiger partial charge in [0.1, 0.15) is 5.75 Å². The number of methoxy groups -OCH3 is 1. The van der Waals surface area contributed by atoms with Crippen molar-refractivity contribution in [3.05, 3.63) is 71.8 Å². The topological polar surface area (TPSA) is 81.9 Å². The molecule has 158 valence electrons. The maximum absolute atomic E-state index is 13.6. The quantitative estimate of drug-likeness (QED) is 0.522. The number of nitrogens with one attached hydrogen (secondary N) is 1. The number of hydrogen-bond acceptors (Lipinski definition) is 5. The van der Waals surface area contributed by atoms with E-state index in [-0.39, 0.29) is 22.7 Å². The van der Waals surface area contributed by atoms with Crippen LogP contribution in [0.2, 0.25) is 0 Å². The number of hydrogen-bond donors (Lipinski definition) is 1. The van der Waals surface area contributed by atoms with E-state index in [4.69, 9.17) is 4.74 Å². The first-order valence-corrected chi connectivity index (χ1v) is 9.11. The third kappa shape index (κ3) is 3.91. The fourth-order valence-corrected chi connectivity index (χ4v) is 3.12. The zero-order chi connectivity index (χ0) is 22.2. The molecule has 2 heterocycles. The number of carbonyl (C=O) groups excluding carboxylic acids is 1. The summed E-state index contributed by atoms with van der Waals surface area (Å²) in [4.78, 5) is 24.3. The summed E-state index contributed by atoms with van der Waals surface area (Å²) in [5.74, 6) is -1.13. The number of aromatic nitrogens is 4. The van der Waals surface area contributed by atoms with E-state index in [0.717, 1.165) is 16.3 Å². The summed E-state index contributed by atoms with van der Waals surface area (Å²) in [6.45, 7) is 1.79. The molecular formula is C21H16F3N5O2.